The second-order valence-corrected chi connectivity index (χ2v) is 4.73. The fourth-order valence-electron chi connectivity index (χ4n) is 2.31. The summed E-state index contributed by atoms with van der Waals surface area (Å²) < 4.78 is 1.68. The molecule has 1 saturated carbocycles. The molecule has 0 aliphatic heterocycles. The van der Waals surface area contributed by atoms with Crippen molar-refractivity contribution in [3.63, 3.8) is 0 Å². The number of amides is 2. The van der Waals surface area contributed by atoms with E-state index in [4.69, 9.17) is 0 Å². The molecule has 5 nitrogen and oxygen atoms in total. The summed E-state index contributed by atoms with van der Waals surface area (Å²) in [6.07, 6.45) is 5.92. The van der Waals surface area contributed by atoms with E-state index >= 15 is 0 Å². The first-order chi connectivity index (χ1) is 8.15. The van der Waals surface area contributed by atoms with Gasteiger partial charge in [0.15, 0.2) is 0 Å². The molecular formula is C12H20N4O. The van der Waals surface area contributed by atoms with Crippen molar-refractivity contribution < 1.29 is 4.79 Å². The molecule has 1 fully saturated rings. The molecule has 0 saturated heterocycles. The molecule has 0 atom stereocenters. The Morgan fingerprint density at radius 1 is 1.41 bits per heavy atom. The Bertz CT molecular complexity index is 393. The van der Waals surface area contributed by atoms with E-state index in [0.29, 0.717) is 6.04 Å². The molecule has 1 heterocycles. The van der Waals surface area contributed by atoms with Gasteiger partial charge in [-0.2, -0.15) is 5.10 Å². The van der Waals surface area contributed by atoms with E-state index < -0.39 is 0 Å². The molecule has 2 rings (SSSR count). The van der Waals surface area contributed by atoms with Gasteiger partial charge >= 0.3 is 6.03 Å². The molecule has 0 spiro atoms. The Morgan fingerprint density at radius 3 is 2.71 bits per heavy atom. The van der Waals surface area contributed by atoms with Crippen molar-refractivity contribution >= 4 is 11.8 Å². The minimum absolute atomic E-state index is 0.125. The van der Waals surface area contributed by atoms with Crippen LogP contribution in [0.2, 0.25) is 0 Å². The zero-order chi connectivity index (χ0) is 12.3. The monoisotopic (exact) mass is 236 g/mol. The van der Waals surface area contributed by atoms with Gasteiger partial charge in [0.05, 0.1) is 5.69 Å². The lowest BCUT2D eigenvalue weighted by Gasteiger charge is -2.22. The molecular weight excluding hydrogens is 216 g/mol. The van der Waals surface area contributed by atoms with Crippen molar-refractivity contribution in [2.45, 2.75) is 45.1 Å². The van der Waals surface area contributed by atoms with Gasteiger partial charge in [0, 0.05) is 19.2 Å². The molecule has 1 aromatic rings. The fraction of sp³-hybridized carbons (Fsp3) is 0.667. The SMILES string of the molecule is Cc1cc(NC(=O)NC2CCCCC2)n(C)n1. The third-order valence-electron chi connectivity index (χ3n) is 3.18. The van der Waals surface area contributed by atoms with E-state index in [1.54, 1.807) is 4.68 Å². The van der Waals surface area contributed by atoms with Crippen LogP contribution in [0.3, 0.4) is 0 Å². The van der Waals surface area contributed by atoms with Gasteiger partial charge in [-0.05, 0) is 19.8 Å². The van der Waals surface area contributed by atoms with E-state index in [0.717, 1.165) is 24.4 Å². The van der Waals surface area contributed by atoms with Crippen molar-refractivity contribution in [2.24, 2.45) is 7.05 Å². The number of rotatable bonds is 2. The number of aryl methyl sites for hydroxylation is 2. The molecule has 0 radical (unpaired) electrons. The highest BCUT2D eigenvalue weighted by Crippen LogP contribution is 2.17. The number of anilines is 1. The van der Waals surface area contributed by atoms with Crippen LogP contribution in [0.1, 0.15) is 37.8 Å². The summed E-state index contributed by atoms with van der Waals surface area (Å²) >= 11 is 0. The maximum atomic E-state index is 11.8. The molecule has 2 N–H and O–H groups in total. The summed E-state index contributed by atoms with van der Waals surface area (Å²) in [5.41, 5.74) is 0.903. The summed E-state index contributed by atoms with van der Waals surface area (Å²) in [6, 6.07) is 2.07. The van der Waals surface area contributed by atoms with Crippen LogP contribution in [0.25, 0.3) is 0 Å². The van der Waals surface area contributed by atoms with Gasteiger partial charge in [-0.1, -0.05) is 19.3 Å². The lowest BCUT2D eigenvalue weighted by molar-refractivity contribution is 0.244. The van der Waals surface area contributed by atoms with E-state index in [9.17, 15) is 4.79 Å². The molecule has 94 valence electrons. The number of hydrogen-bond donors (Lipinski definition) is 2. The second-order valence-electron chi connectivity index (χ2n) is 4.73. The summed E-state index contributed by atoms with van der Waals surface area (Å²) in [7, 11) is 1.82. The predicted octanol–water partition coefficient (Wildman–Crippen LogP) is 2.18. The first-order valence-corrected chi connectivity index (χ1v) is 6.23. The van der Waals surface area contributed by atoms with Gasteiger partial charge in [0.25, 0.3) is 0 Å². The van der Waals surface area contributed by atoms with Crippen molar-refractivity contribution in [3.05, 3.63) is 11.8 Å². The molecule has 5 heteroatoms. The number of nitrogens with zero attached hydrogens (tertiary/aromatic N) is 2. The summed E-state index contributed by atoms with van der Waals surface area (Å²) in [5.74, 6) is 0.732. The van der Waals surface area contributed by atoms with Crippen LogP contribution in [-0.2, 0) is 7.05 Å². The van der Waals surface area contributed by atoms with Gasteiger partial charge in [-0.25, -0.2) is 4.79 Å². The average molecular weight is 236 g/mol. The van der Waals surface area contributed by atoms with Crippen LogP contribution in [0.4, 0.5) is 10.6 Å². The fourth-order valence-corrected chi connectivity index (χ4v) is 2.31. The highest BCUT2D eigenvalue weighted by atomic mass is 16.2. The van der Waals surface area contributed by atoms with Crippen LogP contribution in [0.15, 0.2) is 6.07 Å². The lowest BCUT2D eigenvalue weighted by Crippen LogP contribution is -2.39. The van der Waals surface area contributed by atoms with Crippen LogP contribution >= 0.6 is 0 Å². The first kappa shape index (κ1) is 12.0. The van der Waals surface area contributed by atoms with Crippen LogP contribution in [0.5, 0.6) is 0 Å². The zero-order valence-corrected chi connectivity index (χ0v) is 10.5. The predicted molar refractivity (Wildman–Crippen MR) is 67.0 cm³/mol. The first-order valence-electron chi connectivity index (χ1n) is 6.23. The zero-order valence-electron chi connectivity index (χ0n) is 10.5. The maximum absolute atomic E-state index is 11.8. The lowest BCUT2D eigenvalue weighted by atomic mass is 9.96. The van der Waals surface area contributed by atoms with E-state index in [-0.39, 0.29) is 6.03 Å². The smallest absolute Gasteiger partial charge is 0.320 e. The largest absolute Gasteiger partial charge is 0.335 e. The number of carbonyl (C=O) groups excluding carboxylic acids is 1. The topological polar surface area (TPSA) is 59.0 Å². The maximum Gasteiger partial charge on any atom is 0.320 e. The normalized spacial score (nSPS) is 16.8. The van der Waals surface area contributed by atoms with E-state index in [2.05, 4.69) is 15.7 Å². The van der Waals surface area contributed by atoms with Gasteiger partial charge < -0.3 is 5.32 Å². The van der Waals surface area contributed by atoms with Gasteiger partial charge in [0.1, 0.15) is 5.82 Å². The van der Waals surface area contributed by atoms with Gasteiger partial charge in [-0.15, -0.1) is 0 Å². The minimum atomic E-state index is -0.125. The molecule has 0 bridgehead atoms. The molecule has 0 aromatic carbocycles. The average Bonchev–Trinajstić information content (AvgIpc) is 2.58. The number of nitrogens with one attached hydrogen (secondary N) is 2. The Labute approximate surface area is 102 Å². The second kappa shape index (κ2) is 5.21. The molecule has 2 amide bonds. The third-order valence-corrected chi connectivity index (χ3v) is 3.18. The molecule has 1 aromatic heterocycles. The van der Waals surface area contributed by atoms with Crippen LogP contribution in [-0.4, -0.2) is 21.9 Å². The summed E-state index contributed by atoms with van der Waals surface area (Å²) in [5, 5.41) is 10.0. The Morgan fingerprint density at radius 2 is 2.12 bits per heavy atom. The standard InChI is InChI=1S/C12H20N4O/c1-9-8-11(16(2)15-9)14-12(17)13-10-6-4-3-5-7-10/h8,10H,3-7H2,1-2H3,(H2,13,14,17). The van der Waals surface area contributed by atoms with Crippen LogP contribution in [0, 0.1) is 6.92 Å². The van der Waals surface area contributed by atoms with Crippen molar-refractivity contribution in [2.75, 3.05) is 5.32 Å². The highest BCUT2D eigenvalue weighted by Gasteiger charge is 2.16. The van der Waals surface area contributed by atoms with Gasteiger partial charge in [0.2, 0.25) is 0 Å². The summed E-state index contributed by atoms with van der Waals surface area (Å²) in [6.45, 7) is 1.91. The number of aromatic nitrogens is 2. The van der Waals surface area contributed by atoms with Gasteiger partial charge in [-0.3, -0.25) is 10.00 Å². The van der Waals surface area contributed by atoms with Crippen molar-refractivity contribution in [3.8, 4) is 0 Å². The molecule has 1 aliphatic carbocycles. The molecule has 1 aliphatic rings. The Balaban J connectivity index is 1.86. The van der Waals surface area contributed by atoms with E-state index in [1.807, 2.05) is 20.0 Å². The summed E-state index contributed by atoms with van der Waals surface area (Å²) in [4.78, 5) is 11.8. The molecule has 17 heavy (non-hydrogen) atoms. The van der Waals surface area contributed by atoms with Crippen molar-refractivity contribution in [1.29, 1.82) is 0 Å². The highest BCUT2D eigenvalue weighted by molar-refractivity contribution is 5.88. The number of hydrogen-bond acceptors (Lipinski definition) is 2. The van der Waals surface area contributed by atoms with E-state index in [1.165, 1.54) is 19.3 Å². The Hall–Kier alpha value is -1.52. The van der Waals surface area contributed by atoms with Crippen LogP contribution < -0.4 is 10.6 Å². The molecule has 0 unspecified atom stereocenters. The number of urea groups is 1. The Kier molecular flexibility index (Phi) is 3.66. The quantitative estimate of drug-likeness (QED) is 0.827. The van der Waals surface area contributed by atoms with Crippen molar-refractivity contribution in [1.82, 2.24) is 15.1 Å². The number of carbonyl (C=O) groups is 1. The minimum Gasteiger partial charge on any atom is -0.335 e. The third kappa shape index (κ3) is 3.22.